The van der Waals surface area contributed by atoms with Gasteiger partial charge in [0.25, 0.3) is 0 Å². The number of aryl methyl sites for hydroxylation is 3. The summed E-state index contributed by atoms with van der Waals surface area (Å²) in [6, 6.07) is 6.16. The van der Waals surface area contributed by atoms with E-state index in [-0.39, 0.29) is 24.4 Å². The summed E-state index contributed by atoms with van der Waals surface area (Å²) in [4.78, 5) is 19.2. The third-order valence-corrected chi connectivity index (χ3v) is 4.60. The van der Waals surface area contributed by atoms with Crippen LogP contribution >= 0.6 is 12.4 Å². The number of carbonyl (C=O) groups excluding carboxylic acids is 1. The van der Waals surface area contributed by atoms with Crippen molar-refractivity contribution in [3.63, 3.8) is 0 Å². The van der Waals surface area contributed by atoms with Crippen molar-refractivity contribution in [2.45, 2.75) is 19.9 Å². The van der Waals surface area contributed by atoms with Crippen LogP contribution in [-0.4, -0.2) is 46.5 Å². The average molecular weight is 364 g/mol. The second-order valence-corrected chi connectivity index (χ2v) is 6.40. The molecular weight excluding hydrogens is 338 g/mol. The summed E-state index contributed by atoms with van der Waals surface area (Å²) in [6.45, 7) is 6.93. The Morgan fingerprint density at radius 2 is 2.08 bits per heavy atom. The van der Waals surface area contributed by atoms with Crippen molar-refractivity contribution >= 4 is 24.0 Å². The quantitative estimate of drug-likeness (QED) is 0.872. The van der Waals surface area contributed by atoms with Crippen LogP contribution in [0.25, 0.3) is 0 Å². The molecule has 1 amide bonds. The maximum Gasteiger partial charge on any atom is 0.238 e. The van der Waals surface area contributed by atoms with Crippen molar-refractivity contribution in [1.82, 2.24) is 19.8 Å². The molecule has 136 valence electrons. The molecule has 0 bridgehead atoms. The van der Waals surface area contributed by atoms with Crippen molar-refractivity contribution in [2.24, 2.45) is 7.05 Å². The number of para-hydroxylation sites is 1. The summed E-state index contributed by atoms with van der Waals surface area (Å²) in [5.41, 5.74) is 3.10. The maximum absolute atomic E-state index is 12.6. The van der Waals surface area contributed by atoms with Gasteiger partial charge in [-0.3, -0.25) is 9.69 Å². The van der Waals surface area contributed by atoms with Crippen molar-refractivity contribution in [3.05, 3.63) is 47.5 Å². The highest BCUT2D eigenvalue weighted by Crippen LogP contribution is 2.22. The van der Waals surface area contributed by atoms with Crippen LogP contribution in [0.15, 0.2) is 30.6 Å². The van der Waals surface area contributed by atoms with E-state index in [4.69, 9.17) is 0 Å². The first-order chi connectivity index (χ1) is 11.6. The van der Waals surface area contributed by atoms with Gasteiger partial charge in [-0.25, -0.2) is 4.98 Å². The number of anilines is 1. The number of rotatable bonds is 4. The molecule has 0 aliphatic carbocycles. The second kappa shape index (κ2) is 8.47. The molecule has 2 N–H and O–H groups in total. The highest BCUT2D eigenvalue weighted by Gasteiger charge is 2.28. The fraction of sp³-hybridized carbons (Fsp3) is 0.444. The zero-order chi connectivity index (χ0) is 17.1. The molecule has 25 heavy (non-hydrogen) atoms. The van der Waals surface area contributed by atoms with E-state index in [1.807, 2.05) is 49.9 Å². The number of benzene rings is 1. The van der Waals surface area contributed by atoms with Gasteiger partial charge in [0, 0.05) is 44.8 Å². The molecule has 1 aliphatic heterocycles. The third-order valence-electron chi connectivity index (χ3n) is 4.60. The van der Waals surface area contributed by atoms with Crippen LogP contribution < -0.4 is 10.6 Å². The van der Waals surface area contributed by atoms with Crippen molar-refractivity contribution in [1.29, 1.82) is 0 Å². The van der Waals surface area contributed by atoms with Crippen LogP contribution in [0.4, 0.5) is 5.69 Å². The number of hydrogen-bond acceptors (Lipinski definition) is 4. The van der Waals surface area contributed by atoms with Gasteiger partial charge in [-0.15, -0.1) is 12.4 Å². The molecule has 1 unspecified atom stereocenters. The molecule has 7 heteroatoms. The summed E-state index contributed by atoms with van der Waals surface area (Å²) in [5, 5.41) is 6.47. The maximum atomic E-state index is 12.6. The van der Waals surface area contributed by atoms with E-state index < -0.39 is 0 Å². The highest BCUT2D eigenvalue weighted by molar-refractivity contribution is 5.93. The molecule has 2 heterocycles. The molecule has 3 rings (SSSR count). The Bertz CT molecular complexity index is 710. The third kappa shape index (κ3) is 4.39. The van der Waals surface area contributed by atoms with Gasteiger partial charge in [-0.05, 0) is 25.0 Å². The number of hydrogen-bond donors (Lipinski definition) is 2. The zero-order valence-corrected chi connectivity index (χ0v) is 15.8. The number of carbonyl (C=O) groups is 1. The number of imidazole rings is 1. The lowest BCUT2D eigenvalue weighted by Crippen LogP contribution is -2.49. The number of halogens is 1. The predicted molar refractivity (Wildman–Crippen MR) is 102 cm³/mol. The van der Waals surface area contributed by atoms with E-state index in [0.717, 1.165) is 42.3 Å². The lowest BCUT2D eigenvalue weighted by Gasteiger charge is -2.35. The van der Waals surface area contributed by atoms with Crippen LogP contribution in [0.1, 0.15) is 23.0 Å². The predicted octanol–water partition coefficient (Wildman–Crippen LogP) is 2.04. The van der Waals surface area contributed by atoms with Crippen LogP contribution in [0.2, 0.25) is 0 Å². The molecule has 0 spiro atoms. The van der Waals surface area contributed by atoms with E-state index >= 15 is 0 Å². The molecule has 1 aromatic heterocycles. The second-order valence-electron chi connectivity index (χ2n) is 6.40. The first kappa shape index (κ1) is 19.4. The Kier molecular flexibility index (Phi) is 6.58. The molecule has 1 fully saturated rings. The summed E-state index contributed by atoms with van der Waals surface area (Å²) in [6.07, 6.45) is 3.75. The number of aromatic nitrogens is 2. The standard InChI is InChI=1S/C18H25N5O.ClH/c1-13-5-4-6-14(2)17(13)21-16(24)12-23-10-7-19-11-15(23)18-20-8-9-22(18)3;/h4-6,8-9,15,19H,7,10-12H2,1-3H3,(H,21,24);1H. The largest absolute Gasteiger partial charge is 0.337 e. The zero-order valence-electron chi connectivity index (χ0n) is 15.0. The number of nitrogens with one attached hydrogen (secondary N) is 2. The molecule has 1 aromatic carbocycles. The summed E-state index contributed by atoms with van der Waals surface area (Å²) >= 11 is 0. The van der Waals surface area contributed by atoms with Gasteiger partial charge in [-0.2, -0.15) is 0 Å². The minimum absolute atomic E-state index is 0. The van der Waals surface area contributed by atoms with Gasteiger partial charge >= 0.3 is 0 Å². The van der Waals surface area contributed by atoms with Crippen LogP contribution in [0.3, 0.4) is 0 Å². The Labute approximate surface area is 155 Å². The van der Waals surface area contributed by atoms with Crippen LogP contribution in [0, 0.1) is 13.8 Å². The number of piperazine rings is 1. The minimum Gasteiger partial charge on any atom is -0.337 e. The van der Waals surface area contributed by atoms with Gasteiger partial charge < -0.3 is 15.2 Å². The first-order valence-electron chi connectivity index (χ1n) is 8.34. The minimum atomic E-state index is 0. The van der Waals surface area contributed by atoms with Gasteiger partial charge in [0.2, 0.25) is 5.91 Å². The van der Waals surface area contributed by atoms with E-state index in [1.54, 1.807) is 6.20 Å². The molecule has 1 atom stereocenters. The SMILES string of the molecule is Cc1cccc(C)c1NC(=O)CN1CCNCC1c1nccn1C.Cl. The normalized spacial score (nSPS) is 17.8. The van der Waals surface area contributed by atoms with E-state index in [0.29, 0.717) is 6.54 Å². The van der Waals surface area contributed by atoms with Crippen molar-refractivity contribution in [3.8, 4) is 0 Å². The Balaban J connectivity index is 0.00000225. The first-order valence-corrected chi connectivity index (χ1v) is 8.34. The fourth-order valence-electron chi connectivity index (χ4n) is 3.26. The van der Waals surface area contributed by atoms with Crippen molar-refractivity contribution < 1.29 is 4.79 Å². The fourth-order valence-corrected chi connectivity index (χ4v) is 3.26. The molecule has 1 saturated heterocycles. The Hall–Kier alpha value is -1.89. The molecule has 2 aromatic rings. The molecule has 1 aliphatic rings. The van der Waals surface area contributed by atoms with Crippen molar-refractivity contribution in [2.75, 3.05) is 31.5 Å². The van der Waals surface area contributed by atoms with E-state index in [9.17, 15) is 4.79 Å². The molecular formula is C18H26ClN5O. The Morgan fingerprint density at radius 1 is 1.36 bits per heavy atom. The lowest BCUT2D eigenvalue weighted by atomic mass is 10.1. The summed E-state index contributed by atoms with van der Waals surface area (Å²) < 4.78 is 2.02. The van der Waals surface area contributed by atoms with E-state index in [1.165, 1.54) is 0 Å². The molecule has 6 nitrogen and oxygen atoms in total. The topological polar surface area (TPSA) is 62.2 Å². The van der Waals surface area contributed by atoms with Gasteiger partial charge in [0.1, 0.15) is 5.82 Å². The summed E-state index contributed by atoms with van der Waals surface area (Å²) in [7, 11) is 1.99. The van der Waals surface area contributed by atoms with Gasteiger partial charge in [-0.1, -0.05) is 18.2 Å². The summed E-state index contributed by atoms with van der Waals surface area (Å²) in [5.74, 6) is 1.01. The van der Waals surface area contributed by atoms with Crippen LogP contribution in [0.5, 0.6) is 0 Å². The van der Waals surface area contributed by atoms with Gasteiger partial charge in [0.15, 0.2) is 0 Å². The monoisotopic (exact) mass is 363 g/mol. The Morgan fingerprint density at radius 3 is 2.72 bits per heavy atom. The smallest absolute Gasteiger partial charge is 0.238 e. The number of amides is 1. The van der Waals surface area contributed by atoms with E-state index in [2.05, 4.69) is 20.5 Å². The van der Waals surface area contributed by atoms with Crippen LogP contribution in [-0.2, 0) is 11.8 Å². The van der Waals surface area contributed by atoms with Gasteiger partial charge in [0.05, 0.1) is 12.6 Å². The lowest BCUT2D eigenvalue weighted by molar-refractivity contribution is -0.118. The highest BCUT2D eigenvalue weighted by atomic mass is 35.5. The average Bonchev–Trinajstić information content (AvgIpc) is 2.98. The molecule has 0 saturated carbocycles. The number of nitrogens with zero attached hydrogens (tertiary/aromatic N) is 3. The molecule has 0 radical (unpaired) electrons.